The number of aromatic nitrogens is 1. The summed E-state index contributed by atoms with van der Waals surface area (Å²) in [6.07, 6.45) is 3.54. The maximum Gasteiger partial charge on any atom is 0.234 e. The quantitative estimate of drug-likeness (QED) is 0.689. The monoisotopic (exact) mass is 441 g/mol. The molecule has 7 nitrogen and oxygen atoms in total. The van der Waals surface area contributed by atoms with E-state index in [4.69, 9.17) is 5.73 Å². The number of thiazole rings is 1. The zero-order valence-electron chi connectivity index (χ0n) is 18.0. The maximum absolute atomic E-state index is 12.8. The van der Waals surface area contributed by atoms with E-state index in [2.05, 4.69) is 25.5 Å². The van der Waals surface area contributed by atoms with E-state index in [9.17, 15) is 9.59 Å². The van der Waals surface area contributed by atoms with Crippen LogP contribution in [-0.4, -0.2) is 52.3 Å². The molecule has 3 heterocycles. The van der Waals surface area contributed by atoms with Gasteiger partial charge in [-0.15, -0.1) is 11.3 Å². The highest BCUT2D eigenvalue weighted by Crippen LogP contribution is 2.24. The van der Waals surface area contributed by atoms with Crippen LogP contribution in [-0.2, 0) is 22.7 Å². The van der Waals surface area contributed by atoms with Crippen molar-refractivity contribution in [3.05, 3.63) is 45.9 Å². The van der Waals surface area contributed by atoms with Gasteiger partial charge in [0.1, 0.15) is 0 Å². The predicted octanol–water partition coefficient (Wildman–Crippen LogP) is 2.75. The number of amides is 2. The number of hydrogen-bond donors (Lipinski definition) is 2. The van der Waals surface area contributed by atoms with E-state index < -0.39 is 0 Å². The van der Waals surface area contributed by atoms with Gasteiger partial charge in [0.25, 0.3) is 0 Å². The lowest BCUT2D eigenvalue weighted by atomic mass is 9.95. The number of nitrogens with two attached hydrogens (primary N) is 1. The summed E-state index contributed by atoms with van der Waals surface area (Å²) in [6, 6.07) is 7.74. The number of rotatable bonds is 7. The molecule has 1 atom stereocenters. The smallest absolute Gasteiger partial charge is 0.234 e. The van der Waals surface area contributed by atoms with Crippen molar-refractivity contribution in [3.8, 4) is 0 Å². The Kier molecular flexibility index (Phi) is 6.99. The van der Waals surface area contributed by atoms with Gasteiger partial charge >= 0.3 is 0 Å². The number of aryl methyl sites for hydroxylation is 1. The molecule has 1 unspecified atom stereocenters. The first kappa shape index (κ1) is 21.9. The lowest BCUT2D eigenvalue weighted by Crippen LogP contribution is -2.39. The van der Waals surface area contributed by atoms with E-state index in [1.54, 1.807) is 11.3 Å². The first-order chi connectivity index (χ1) is 15.0. The highest BCUT2D eigenvalue weighted by Gasteiger charge is 2.29. The largest absolute Gasteiger partial charge is 0.368 e. The van der Waals surface area contributed by atoms with E-state index in [0.717, 1.165) is 73.8 Å². The molecule has 2 aromatic rings. The van der Waals surface area contributed by atoms with Crippen LogP contribution in [0.1, 0.15) is 41.9 Å². The van der Waals surface area contributed by atoms with Crippen molar-refractivity contribution in [2.45, 2.75) is 51.7 Å². The third kappa shape index (κ3) is 5.70. The SMILES string of the molecule is Cc1nc(CN2CCC(C(=O)Nc3cccc(CN4CCCC4C(N)=O)c3)CC2)cs1. The summed E-state index contributed by atoms with van der Waals surface area (Å²) in [7, 11) is 0. The zero-order valence-corrected chi connectivity index (χ0v) is 18.9. The number of benzene rings is 1. The highest BCUT2D eigenvalue weighted by molar-refractivity contribution is 7.09. The van der Waals surface area contributed by atoms with Crippen molar-refractivity contribution in [3.63, 3.8) is 0 Å². The molecule has 0 spiro atoms. The molecule has 2 amide bonds. The Bertz CT molecular complexity index is 922. The van der Waals surface area contributed by atoms with Gasteiger partial charge in [0.2, 0.25) is 11.8 Å². The Hall–Kier alpha value is -2.29. The summed E-state index contributed by atoms with van der Waals surface area (Å²) in [5.74, 6) is -0.120. The molecule has 1 aromatic heterocycles. The molecule has 2 aliphatic rings. The van der Waals surface area contributed by atoms with Crippen LogP contribution in [0, 0.1) is 12.8 Å². The summed E-state index contributed by atoms with van der Waals surface area (Å²) in [5, 5.41) is 6.32. The standard InChI is InChI=1S/C23H31N5O2S/c1-16-25-20(15-31-16)14-27-10-7-18(8-11-27)23(30)26-19-5-2-4-17(12-19)13-28-9-3-6-21(28)22(24)29/h2,4-5,12,15,18,21H,3,6-11,13-14H2,1H3,(H2,24,29)(H,26,30). The van der Waals surface area contributed by atoms with Gasteiger partial charge in [0, 0.05) is 30.1 Å². The molecule has 3 N–H and O–H groups in total. The van der Waals surface area contributed by atoms with Gasteiger partial charge in [-0.2, -0.15) is 0 Å². The van der Waals surface area contributed by atoms with E-state index >= 15 is 0 Å². The molecule has 2 fully saturated rings. The van der Waals surface area contributed by atoms with Gasteiger partial charge in [0.15, 0.2) is 0 Å². The number of primary amides is 1. The van der Waals surface area contributed by atoms with Crippen LogP contribution in [0.5, 0.6) is 0 Å². The fourth-order valence-electron chi connectivity index (χ4n) is 4.63. The Morgan fingerprint density at radius 3 is 2.71 bits per heavy atom. The number of likely N-dealkylation sites (tertiary alicyclic amines) is 2. The number of carbonyl (C=O) groups is 2. The minimum Gasteiger partial charge on any atom is -0.368 e. The van der Waals surface area contributed by atoms with Crippen LogP contribution in [0.15, 0.2) is 29.6 Å². The van der Waals surface area contributed by atoms with E-state index in [0.29, 0.717) is 6.54 Å². The Morgan fingerprint density at radius 1 is 1.19 bits per heavy atom. The van der Waals surface area contributed by atoms with Gasteiger partial charge in [-0.05, 0) is 69.9 Å². The number of anilines is 1. The van der Waals surface area contributed by atoms with Crippen molar-refractivity contribution < 1.29 is 9.59 Å². The maximum atomic E-state index is 12.8. The van der Waals surface area contributed by atoms with Crippen LogP contribution in [0.4, 0.5) is 5.69 Å². The second-order valence-corrected chi connectivity index (χ2v) is 9.69. The van der Waals surface area contributed by atoms with Crippen LogP contribution in [0.25, 0.3) is 0 Å². The van der Waals surface area contributed by atoms with Crippen LogP contribution < -0.4 is 11.1 Å². The average Bonchev–Trinajstić information content (AvgIpc) is 3.37. The van der Waals surface area contributed by atoms with Crippen molar-refractivity contribution in [1.29, 1.82) is 0 Å². The van der Waals surface area contributed by atoms with Gasteiger partial charge in [0.05, 0.1) is 16.7 Å². The number of carbonyl (C=O) groups excluding carboxylic acids is 2. The summed E-state index contributed by atoms with van der Waals surface area (Å²) in [4.78, 5) is 33.5. The van der Waals surface area contributed by atoms with E-state index in [1.807, 2.05) is 31.2 Å². The molecule has 0 saturated carbocycles. The Balaban J connectivity index is 1.28. The third-order valence-electron chi connectivity index (χ3n) is 6.28. The number of nitrogens with one attached hydrogen (secondary N) is 1. The molecule has 166 valence electrons. The fourth-order valence-corrected chi connectivity index (χ4v) is 5.23. The lowest BCUT2D eigenvalue weighted by molar-refractivity contribution is -0.122. The van der Waals surface area contributed by atoms with Gasteiger partial charge in [-0.3, -0.25) is 19.4 Å². The summed E-state index contributed by atoms with van der Waals surface area (Å²) >= 11 is 1.68. The second-order valence-electron chi connectivity index (χ2n) is 8.63. The molecule has 2 aliphatic heterocycles. The van der Waals surface area contributed by atoms with E-state index in [1.165, 1.54) is 0 Å². The van der Waals surface area contributed by atoms with Crippen molar-refractivity contribution in [1.82, 2.24) is 14.8 Å². The Morgan fingerprint density at radius 2 is 2.00 bits per heavy atom. The highest BCUT2D eigenvalue weighted by atomic mass is 32.1. The van der Waals surface area contributed by atoms with Crippen LogP contribution >= 0.6 is 11.3 Å². The lowest BCUT2D eigenvalue weighted by Gasteiger charge is -2.30. The fraction of sp³-hybridized carbons (Fsp3) is 0.522. The molecule has 31 heavy (non-hydrogen) atoms. The van der Waals surface area contributed by atoms with Gasteiger partial charge < -0.3 is 11.1 Å². The first-order valence-electron chi connectivity index (χ1n) is 11.0. The molecule has 0 radical (unpaired) electrons. The number of piperidine rings is 1. The molecule has 0 aliphatic carbocycles. The average molecular weight is 442 g/mol. The van der Waals surface area contributed by atoms with E-state index in [-0.39, 0.29) is 23.8 Å². The summed E-state index contributed by atoms with van der Waals surface area (Å²) < 4.78 is 0. The second kappa shape index (κ2) is 9.89. The molecule has 1 aromatic carbocycles. The van der Waals surface area contributed by atoms with Crippen molar-refractivity contribution >= 4 is 28.8 Å². The van der Waals surface area contributed by atoms with Crippen LogP contribution in [0.3, 0.4) is 0 Å². The Labute approximate surface area is 187 Å². The number of nitrogens with zero attached hydrogens (tertiary/aromatic N) is 3. The molecular formula is C23H31N5O2S. The zero-order chi connectivity index (χ0) is 21.8. The third-order valence-corrected chi connectivity index (χ3v) is 7.11. The van der Waals surface area contributed by atoms with Gasteiger partial charge in [-0.25, -0.2) is 4.98 Å². The predicted molar refractivity (Wildman–Crippen MR) is 123 cm³/mol. The molecule has 2 saturated heterocycles. The minimum absolute atomic E-state index is 0.0369. The van der Waals surface area contributed by atoms with Gasteiger partial charge in [-0.1, -0.05) is 12.1 Å². The van der Waals surface area contributed by atoms with Crippen LogP contribution in [0.2, 0.25) is 0 Å². The van der Waals surface area contributed by atoms with Crippen molar-refractivity contribution in [2.24, 2.45) is 11.7 Å². The summed E-state index contributed by atoms with van der Waals surface area (Å²) in [6.45, 7) is 6.27. The normalized spacial score (nSPS) is 20.7. The number of hydrogen-bond acceptors (Lipinski definition) is 6. The van der Waals surface area contributed by atoms with Crippen molar-refractivity contribution in [2.75, 3.05) is 25.0 Å². The summed E-state index contributed by atoms with van der Waals surface area (Å²) in [5.41, 5.74) is 8.55. The minimum atomic E-state index is -0.252. The topological polar surface area (TPSA) is 91.6 Å². The molecule has 8 heteroatoms. The first-order valence-corrected chi connectivity index (χ1v) is 11.9. The molecular weight excluding hydrogens is 410 g/mol. The molecule has 4 rings (SSSR count). The molecule has 0 bridgehead atoms.